The lowest BCUT2D eigenvalue weighted by atomic mass is 10.1. The smallest absolute Gasteiger partial charge is 0.243 e. The average Bonchev–Trinajstić information content (AvgIpc) is 2.84. The normalized spacial score (nSPS) is 12.3. The topological polar surface area (TPSA) is 84.9 Å². The van der Waals surface area contributed by atoms with Crippen LogP contribution in [0.1, 0.15) is 24.1 Å². The molecule has 0 fully saturated rings. The molecule has 0 saturated heterocycles. The quantitative estimate of drug-likeness (QED) is 0.470. The van der Waals surface area contributed by atoms with Crippen LogP contribution in [0.4, 0.5) is 4.39 Å². The molecule has 0 saturated carbocycles. The molecule has 1 amide bonds. The van der Waals surface area contributed by atoms with Gasteiger partial charge >= 0.3 is 0 Å². The number of hydrogen-bond acceptors (Lipinski definition) is 5. The Kier molecular flexibility index (Phi) is 8.25. The summed E-state index contributed by atoms with van der Waals surface area (Å²) < 4.78 is 51.6. The van der Waals surface area contributed by atoms with E-state index in [1.165, 1.54) is 26.4 Å². The zero-order valence-corrected chi connectivity index (χ0v) is 20.0. The highest BCUT2D eigenvalue weighted by Gasteiger charge is 2.27. The highest BCUT2D eigenvalue weighted by atomic mass is 32.2. The molecule has 0 spiro atoms. The van der Waals surface area contributed by atoms with E-state index in [1.807, 2.05) is 6.07 Å². The largest absolute Gasteiger partial charge is 0.493 e. The molecule has 9 heteroatoms. The van der Waals surface area contributed by atoms with Gasteiger partial charge in [0.2, 0.25) is 15.9 Å². The maximum absolute atomic E-state index is 13.3. The van der Waals surface area contributed by atoms with Crippen molar-refractivity contribution in [2.45, 2.75) is 24.4 Å². The van der Waals surface area contributed by atoms with E-state index in [2.05, 4.69) is 5.32 Å². The van der Waals surface area contributed by atoms with Gasteiger partial charge < -0.3 is 14.8 Å². The van der Waals surface area contributed by atoms with Gasteiger partial charge in [0.15, 0.2) is 11.5 Å². The first-order chi connectivity index (χ1) is 16.2. The predicted molar refractivity (Wildman–Crippen MR) is 127 cm³/mol. The third-order valence-electron chi connectivity index (χ3n) is 5.26. The summed E-state index contributed by atoms with van der Waals surface area (Å²) in [4.78, 5) is 12.8. The Morgan fingerprint density at radius 2 is 1.62 bits per heavy atom. The molecule has 0 radical (unpaired) electrons. The van der Waals surface area contributed by atoms with E-state index in [1.54, 1.807) is 49.4 Å². The summed E-state index contributed by atoms with van der Waals surface area (Å²) in [5, 5.41) is 2.83. The van der Waals surface area contributed by atoms with Crippen molar-refractivity contribution < 1.29 is 27.1 Å². The predicted octanol–water partition coefficient (Wildman–Crippen LogP) is 3.91. The number of amides is 1. The first kappa shape index (κ1) is 25.2. The standard InChI is InChI=1S/C25H27FN2O5S/c1-18(20-9-14-23(32-2)24(15-20)33-3)27-25(29)17-28(16-19-7-5-4-6-8-19)34(30,31)22-12-10-21(26)11-13-22/h4-15,18H,16-17H2,1-3H3,(H,27,29)/t18-/m0/s1. The number of ether oxygens (including phenoxy) is 2. The number of rotatable bonds is 10. The molecule has 180 valence electrons. The third-order valence-corrected chi connectivity index (χ3v) is 7.06. The highest BCUT2D eigenvalue weighted by Crippen LogP contribution is 2.30. The molecule has 0 heterocycles. The van der Waals surface area contributed by atoms with Gasteiger partial charge in [-0.1, -0.05) is 36.4 Å². The second-order valence-electron chi connectivity index (χ2n) is 7.62. The molecule has 0 aliphatic rings. The number of methoxy groups -OCH3 is 2. The number of nitrogens with one attached hydrogen (secondary N) is 1. The number of nitrogens with zero attached hydrogens (tertiary/aromatic N) is 1. The molecule has 0 bridgehead atoms. The van der Waals surface area contributed by atoms with Crippen molar-refractivity contribution in [3.63, 3.8) is 0 Å². The molecule has 1 atom stereocenters. The SMILES string of the molecule is COc1ccc([C@H](C)NC(=O)CN(Cc2ccccc2)S(=O)(=O)c2ccc(F)cc2)cc1OC. The Labute approximate surface area is 199 Å². The fourth-order valence-corrected chi connectivity index (χ4v) is 4.81. The van der Waals surface area contributed by atoms with E-state index < -0.39 is 34.3 Å². The van der Waals surface area contributed by atoms with Crippen molar-refractivity contribution in [2.75, 3.05) is 20.8 Å². The van der Waals surface area contributed by atoms with Gasteiger partial charge in [-0.25, -0.2) is 12.8 Å². The number of benzene rings is 3. The Bertz CT molecular complexity index is 1220. The molecule has 1 N–H and O–H groups in total. The number of carbonyl (C=O) groups excluding carboxylic acids is 1. The van der Waals surface area contributed by atoms with Crippen LogP contribution >= 0.6 is 0 Å². The third kappa shape index (κ3) is 6.12. The summed E-state index contributed by atoms with van der Waals surface area (Å²) in [5.74, 6) is 0.0499. The van der Waals surface area contributed by atoms with Gasteiger partial charge in [0.25, 0.3) is 0 Å². The Hall–Kier alpha value is -3.43. The second-order valence-corrected chi connectivity index (χ2v) is 9.55. The summed E-state index contributed by atoms with van der Waals surface area (Å²) >= 11 is 0. The fourth-order valence-electron chi connectivity index (χ4n) is 3.42. The summed E-state index contributed by atoms with van der Waals surface area (Å²) in [6.45, 7) is 1.36. The molecule has 0 aromatic heterocycles. The lowest BCUT2D eigenvalue weighted by molar-refractivity contribution is -0.122. The number of sulfonamides is 1. The molecular formula is C25H27FN2O5S. The van der Waals surface area contributed by atoms with Gasteiger partial charge in [0.1, 0.15) is 5.82 Å². The minimum Gasteiger partial charge on any atom is -0.493 e. The highest BCUT2D eigenvalue weighted by molar-refractivity contribution is 7.89. The van der Waals surface area contributed by atoms with Crippen LogP contribution in [0.25, 0.3) is 0 Å². The van der Waals surface area contributed by atoms with E-state index in [4.69, 9.17) is 9.47 Å². The van der Waals surface area contributed by atoms with Crippen LogP contribution < -0.4 is 14.8 Å². The van der Waals surface area contributed by atoms with Crippen molar-refractivity contribution in [3.8, 4) is 11.5 Å². The van der Waals surface area contributed by atoms with Crippen LogP contribution in [-0.2, 0) is 21.4 Å². The van der Waals surface area contributed by atoms with E-state index in [0.717, 1.165) is 22.0 Å². The summed E-state index contributed by atoms with van der Waals surface area (Å²) in [6, 6.07) is 18.3. The lowest BCUT2D eigenvalue weighted by Crippen LogP contribution is -2.41. The minimum absolute atomic E-state index is 0.0152. The number of halogens is 1. The first-order valence-corrected chi connectivity index (χ1v) is 12.0. The molecule has 0 aliphatic heterocycles. The maximum Gasteiger partial charge on any atom is 0.243 e. The number of carbonyl (C=O) groups is 1. The van der Waals surface area contributed by atoms with Gasteiger partial charge in [-0.2, -0.15) is 4.31 Å². The first-order valence-electron chi connectivity index (χ1n) is 10.6. The molecule has 3 aromatic carbocycles. The van der Waals surface area contributed by atoms with E-state index >= 15 is 0 Å². The van der Waals surface area contributed by atoms with Crippen LogP contribution in [0.3, 0.4) is 0 Å². The monoisotopic (exact) mass is 486 g/mol. The van der Waals surface area contributed by atoms with Gasteiger partial charge in [0, 0.05) is 6.54 Å². The van der Waals surface area contributed by atoms with Crippen LogP contribution in [0, 0.1) is 5.82 Å². The second kappa shape index (κ2) is 11.1. The van der Waals surface area contributed by atoms with Crippen molar-refractivity contribution in [2.24, 2.45) is 0 Å². The molecule has 3 aromatic rings. The molecular weight excluding hydrogens is 459 g/mol. The number of hydrogen-bond donors (Lipinski definition) is 1. The van der Waals surface area contributed by atoms with E-state index in [9.17, 15) is 17.6 Å². The van der Waals surface area contributed by atoms with Crippen molar-refractivity contribution in [1.29, 1.82) is 0 Å². The molecule has 34 heavy (non-hydrogen) atoms. The molecule has 3 rings (SSSR count). The van der Waals surface area contributed by atoms with Crippen molar-refractivity contribution in [3.05, 3.63) is 89.7 Å². The summed E-state index contributed by atoms with van der Waals surface area (Å²) in [6.07, 6.45) is 0. The van der Waals surface area contributed by atoms with Crippen LogP contribution in [0.15, 0.2) is 77.7 Å². The summed E-state index contributed by atoms with van der Waals surface area (Å²) in [7, 11) is -1.01. The van der Waals surface area contributed by atoms with Gasteiger partial charge in [-0.05, 0) is 54.4 Å². The Morgan fingerprint density at radius 1 is 0.971 bits per heavy atom. The Morgan fingerprint density at radius 3 is 2.24 bits per heavy atom. The van der Waals surface area contributed by atoms with Gasteiger partial charge in [-0.3, -0.25) is 4.79 Å². The Balaban J connectivity index is 1.81. The fraction of sp³-hybridized carbons (Fsp3) is 0.240. The molecule has 0 unspecified atom stereocenters. The minimum atomic E-state index is -4.06. The lowest BCUT2D eigenvalue weighted by Gasteiger charge is -2.23. The van der Waals surface area contributed by atoms with Gasteiger partial charge in [0.05, 0.1) is 31.7 Å². The zero-order chi connectivity index (χ0) is 24.7. The molecule has 0 aliphatic carbocycles. The van der Waals surface area contributed by atoms with Crippen LogP contribution in [0.5, 0.6) is 11.5 Å². The summed E-state index contributed by atoms with van der Waals surface area (Å²) in [5.41, 5.74) is 1.48. The van der Waals surface area contributed by atoms with E-state index in [0.29, 0.717) is 17.1 Å². The average molecular weight is 487 g/mol. The zero-order valence-electron chi connectivity index (χ0n) is 19.2. The maximum atomic E-state index is 13.3. The van der Waals surface area contributed by atoms with Gasteiger partial charge in [-0.15, -0.1) is 0 Å². The van der Waals surface area contributed by atoms with Crippen molar-refractivity contribution >= 4 is 15.9 Å². The van der Waals surface area contributed by atoms with E-state index in [-0.39, 0.29) is 11.4 Å². The van der Waals surface area contributed by atoms with Crippen LogP contribution in [-0.4, -0.2) is 39.4 Å². The van der Waals surface area contributed by atoms with Crippen molar-refractivity contribution in [1.82, 2.24) is 9.62 Å². The molecule has 7 nitrogen and oxygen atoms in total. The van der Waals surface area contributed by atoms with Crippen LogP contribution in [0.2, 0.25) is 0 Å².